The zero-order valence-corrected chi connectivity index (χ0v) is 23.6. The summed E-state index contributed by atoms with van der Waals surface area (Å²) in [6.45, 7) is 2.25. The summed E-state index contributed by atoms with van der Waals surface area (Å²) < 4.78 is 7.89. The predicted molar refractivity (Wildman–Crippen MR) is 161 cm³/mol. The topological polar surface area (TPSA) is 125 Å². The molecule has 0 saturated carbocycles. The number of anilines is 3. The van der Waals surface area contributed by atoms with Gasteiger partial charge < -0.3 is 24.4 Å². The van der Waals surface area contributed by atoms with E-state index < -0.39 is 4.92 Å². The smallest absolute Gasteiger partial charge is 0.294 e. The van der Waals surface area contributed by atoms with Crippen LogP contribution in [0.25, 0.3) is 28.2 Å². The third-order valence-electron chi connectivity index (χ3n) is 7.27. The molecule has 11 nitrogen and oxygen atoms in total. The van der Waals surface area contributed by atoms with E-state index in [0.717, 1.165) is 36.9 Å². The summed E-state index contributed by atoms with van der Waals surface area (Å²) in [4.78, 5) is 24.9. The number of nitro groups is 1. The number of rotatable bonds is 10. The van der Waals surface area contributed by atoms with Crippen LogP contribution in [-0.4, -0.2) is 65.7 Å². The number of nitrogens with one attached hydrogen (secondary N) is 1. The van der Waals surface area contributed by atoms with Crippen LogP contribution < -0.4 is 15.0 Å². The van der Waals surface area contributed by atoms with Crippen molar-refractivity contribution in [1.82, 2.24) is 19.4 Å². The van der Waals surface area contributed by atoms with E-state index in [1.165, 1.54) is 30.3 Å². The van der Waals surface area contributed by atoms with E-state index in [1.54, 1.807) is 18.3 Å². The van der Waals surface area contributed by atoms with Crippen molar-refractivity contribution in [2.75, 3.05) is 51.6 Å². The van der Waals surface area contributed by atoms with Crippen molar-refractivity contribution in [2.24, 2.45) is 0 Å². The summed E-state index contributed by atoms with van der Waals surface area (Å²) in [5.41, 5.74) is 5.55. The minimum Gasteiger partial charge on any atom is -0.494 e. The molecule has 1 N–H and O–H groups in total. The summed E-state index contributed by atoms with van der Waals surface area (Å²) in [6, 6.07) is 11.5. The highest BCUT2D eigenvalue weighted by Crippen LogP contribution is 2.40. The lowest BCUT2D eigenvalue weighted by Gasteiger charge is -2.22. The van der Waals surface area contributed by atoms with E-state index >= 15 is 0 Å². The van der Waals surface area contributed by atoms with Gasteiger partial charge in [0, 0.05) is 73.8 Å². The standard InChI is InChI=1S/C30H32N8O3/c1-35(2)14-15-36(3)25-17-27(41-4)24(16-26(25)38(39)40)33-30-32-18-21(9-6-12-31)28(34-30)23-19-37-13-7-10-20-8-5-11-22(23)29(20)37/h5-6,8-9,11,16-19H,7,10,13-15H2,1-4H3,(H,32,33,34)/b9-6+. The van der Waals surface area contributed by atoms with Crippen LogP contribution in [0.3, 0.4) is 0 Å². The van der Waals surface area contributed by atoms with Gasteiger partial charge in [-0.2, -0.15) is 5.26 Å². The first-order valence-electron chi connectivity index (χ1n) is 13.3. The molecule has 2 aromatic heterocycles. The van der Waals surface area contributed by atoms with Gasteiger partial charge >= 0.3 is 0 Å². The summed E-state index contributed by atoms with van der Waals surface area (Å²) >= 11 is 0. The normalized spacial score (nSPS) is 12.6. The van der Waals surface area contributed by atoms with Crippen molar-refractivity contribution >= 4 is 40.0 Å². The highest BCUT2D eigenvalue weighted by atomic mass is 16.6. The van der Waals surface area contributed by atoms with E-state index in [0.29, 0.717) is 34.9 Å². The van der Waals surface area contributed by atoms with Gasteiger partial charge in [0.05, 0.1) is 35.0 Å². The van der Waals surface area contributed by atoms with Crippen molar-refractivity contribution < 1.29 is 9.66 Å². The highest BCUT2D eigenvalue weighted by molar-refractivity contribution is 5.99. The summed E-state index contributed by atoms with van der Waals surface area (Å²) in [5, 5.41) is 25.5. The quantitative estimate of drug-likeness (QED) is 0.160. The number of nitriles is 1. The Hall–Kier alpha value is -4.95. The summed E-state index contributed by atoms with van der Waals surface area (Å²) in [6.07, 6.45) is 8.93. The number of hydrogen-bond donors (Lipinski definition) is 1. The molecular weight excluding hydrogens is 520 g/mol. The Kier molecular flexibility index (Phi) is 7.85. The minimum absolute atomic E-state index is 0.0580. The van der Waals surface area contributed by atoms with Crippen molar-refractivity contribution in [1.29, 1.82) is 5.26 Å². The number of aryl methyl sites for hydroxylation is 2. The fraction of sp³-hybridized carbons (Fsp3) is 0.300. The van der Waals surface area contributed by atoms with Gasteiger partial charge in [0.2, 0.25) is 5.95 Å². The molecule has 2 aromatic carbocycles. The van der Waals surface area contributed by atoms with Crippen LogP contribution in [0, 0.1) is 21.4 Å². The molecular formula is C30H32N8O3. The van der Waals surface area contributed by atoms with Crippen molar-refractivity contribution in [2.45, 2.75) is 19.4 Å². The van der Waals surface area contributed by atoms with Crippen LogP contribution in [0.5, 0.6) is 5.75 Å². The molecule has 0 bridgehead atoms. The molecule has 0 amide bonds. The molecule has 41 heavy (non-hydrogen) atoms. The Morgan fingerprint density at radius 1 is 1.27 bits per heavy atom. The Balaban J connectivity index is 1.58. The molecule has 1 aliphatic heterocycles. The number of allylic oxidation sites excluding steroid dienone is 1. The first kappa shape index (κ1) is 27.6. The lowest BCUT2D eigenvalue weighted by molar-refractivity contribution is -0.384. The number of likely N-dealkylation sites (N-methyl/N-ethyl adjacent to an activating group) is 2. The Labute approximate surface area is 238 Å². The Bertz CT molecular complexity index is 1690. The largest absolute Gasteiger partial charge is 0.494 e. The van der Waals surface area contributed by atoms with Crippen LogP contribution in [0.4, 0.5) is 23.0 Å². The second-order valence-electron chi connectivity index (χ2n) is 10.3. The van der Waals surface area contributed by atoms with E-state index in [-0.39, 0.29) is 11.6 Å². The molecule has 0 atom stereocenters. The maximum atomic E-state index is 12.1. The van der Waals surface area contributed by atoms with Gasteiger partial charge in [-0.1, -0.05) is 18.2 Å². The second-order valence-corrected chi connectivity index (χ2v) is 10.3. The number of aromatic nitrogens is 3. The van der Waals surface area contributed by atoms with Crippen molar-refractivity contribution in [3.63, 3.8) is 0 Å². The van der Waals surface area contributed by atoms with E-state index in [1.807, 2.05) is 37.0 Å². The maximum Gasteiger partial charge on any atom is 0.294 e. The zero-order valence-electron chi connectivity index (χ0n) is 23.6. The average molecular weight is 553 g/mol. The molecule has 11 heteroatoms. The number of benzene rings is 2. The van der Waals surface area contributed by atoms with Crippen LogP contribution in [0.1, 0.15) is 17.5 Å². The second kappa shape index (κ2) is 11.7. The van der Waals surface area contributed by atoms with Crippen molar-refractivity contribution in [3.8, 4) is 23.1 Å². The fourth-order valence-electron chi connectivity index (χ4n) is 5.23. The monoisotopic (exact) mass is 552 g/mol. The fourth-order valence-corrected chi connectivity index (χ4v) is 5.23. The molecule has 0 radical (unpaired) electrons. The third kappa shape index (κ3) is 5.55. The summed E-state index contributed by atoms with van der Waals surface area (Å²) in [5.74, 6) is 0.676. The van der Waals surface area contributed by atoms with Gasteiger partial charge in [-0.25, -0.2) is 9.97 Å². The summed E-state index contributed by atoms with van der Waals surface area (Å²) in [7, 11) is 7.25. The number of methoxy groups -OCH3 is 1. The lowest BCUT2D eigenvalue weighted by Crippen LogP contribution is -2.28. The van der Waals surface area contributed by atoms with Gasteiger partial charge in [0.25, 0.3) is 5.69 Å². The minimum atomic E-state index is -0.401. The molecule has 0 saturated heterocycles. The third-order valence-corrected chi connectivity index (χ3v) is 7.27. The molecule has 3 heterocycles. The Morgan fingerprint density at radius 2 is 2.10 bits per heavy atom. The van der Waals surface area contributed by atoms with Gasteiger partial charge in [-0.15, -0.1) is 0 Å². The Morgan fingerprint density at radius 3 is 2.83 bits per heavy atom. The van der Waals surface area contributed by atoms with Gasteiger partial charge in [0.1, 0.15) is 11.4 Å². The van der Waals surface area contributed by atoms with E-state index in [2.05, 4.69) is 39.3 Å². The van der Waals surface area contributed by atoms with Gasteiger partial charge in [-0.05, 0) is 38.6 Å². The number of para-hydroxylation sites is 1. The molecule has 0 aliphatic carbocycles. The van der Waals surface area contributed by atoms with Crippen molar-refractivity contribution in [3.05, 3.63) is 70.0 Å². The number of hydrogen-bond acceptors (Lipinski definition) is 9. The molecule has 5 rings (SSSR count). The lowest BCUT2D eigenvalue weighted by atomic mass is 10.0. The number of ether oxygens (including phenoxy) is 1. The molecule has 0 spiro atoms. The van der Waals surface area contributed by atoms with Gasteiger partial charge in [0.15, 0.2) is 0 Å². The molecule has 0 unspecified atom stereocenters. The number of nitro benzene ring substituents is 1. The molecule has 4 aromatic rings. The zero-order chi connectivity index (χ0) is 29.1. The van der Waals surface area contributed by atoms with E-state index in [9.17, 15) is 15.4 Å². The highest BCUT2D eigenvalue weighted by Gasteiger charge is 2.24. The van der Waals surface area contributed by atoms with E-state index in [4.69, 9.17) is 9.72 Å². The van der Waals surface area contributed by atoms with Crippen LogP contribution >= 0.6 is 0 Å². The first-order chi connectivity index (χ1) is 19.8. The molecule has 1 aliphatic rings. The van der Waals surface area contributed by atoms with Crippen LogP contribution in [0.2, 0.25) is 0 Å². The predicted octanol–water partition coefficient (Wildman–Crippen LogP) is 5.24. The average Bonchev–Trinajstić information content (AvgIpc) is 3.35. The SMILES string of the molecule is COc1cc(N(C)CCN(C)C)c([N+](=O)[O-])cc1Nc1ncc(/C=C/C#N)c(-c2cn3c4c(cccc24)CCC3)n1. The maximum absolute atomic E-state index is 12.1. The van der Waals surface area contributed by atoms with Gasteiger partial charge in [-0.3, -0.25) is 10.1 Å². The van der Waals surface area contributed by atoms with Crippen LogP contribution in [0.15, 0.2) is 48.8 Å². The van der Waals surface area contributed by atoms with Crippen LogP contribution in [-0.2, 0) is 13.0 Å². The number of nitrogens with zero attached hydrogens (tertiary/aromatic N) is 7. The molecule has 210 valence electrons. The first-order valence-corrected chi connectivity index (χ1v) is 13.3. The molecule has 0 fully saturated rings.